The molecule has 0 radical (unpaired) electrons. The van der Waals surface area contributed by atoms with Crippen molar-refractivity contribution < 1.29 is 0 Å². The molecule has 8 rings (SSSR count). The highest BCUT2D eigenvalue weighted by Crippen LogP contribution is 2.45. The Morgan fingerprint density at radius 3 is 0.662 bits per heavy atom. The van der Waals surface area contributed by atoms with Gasteiger partial charge in [-0.15, -0.1) is 0 Å². The molecule has 408 valence electrons. The largest absolute Gasteiger partial charge is 0.0917 e. The number of allylic oxidation sites excluding steroid dienone is 10. The van der Waals surface area contributed by atoms with Crippen LogP contribution in [0.2, 0.25) is 0 Å². The average molecular weight is 978 g/mol. The number of hydrogen-bond acceptors (Lipinski definition) is 0. The molecule has 0 aromatic heterocycles. The summed E-state index contributed by atoms with van der Waals surface area (Å²) in [4.78, 5) is 0. The van der Waals surface area contributed by atoms with Crippen LogP contribution in [0.1, 0.15) is 293 Å². The summed E-state index contributed by atoms with van der Waals surface area (Å²) in [6.07, 6.45) is 78.2. The van der Waals surface area contributed by atoms with Gasteiger partial charge in [-0.3, -0.25) is 0 Å². The lowest BCUT2D eigenvalue weighted by atomic mass is 9.68. The first-order valence-electron chi connectivity index (χ1n) is 32.8. The Bertz CT molecular complexity index is 1360. The maximum Gasteiger partial charge on any atom is -0.0233 e. The van der Waals surface area contributed by atoms with Crippen molar-refractivity contribution in [2.45, 2.75) is 293 Å². The topological polar surface area (TPSA) is 0 Å². The molecule has 0 heteroatoms. The van der Waals surface area contributed by atoms with Crippen molar-refractivity contribution >= 4 is 0 Å². The zero-order valence-electron chi connectivity index (χ0n) is 49.2. The van der Waals surface area contributed by atoms with E-state index in [2.05, 4.69) is 116 Å². The molecular formula is C71H124. The summed E-state index contributed by atoms with van der Waals surface area (Å²) < 4.78 is 0. The fourth-order valence-corrected chi connectivity index (χ4v) is 16.0. The van der Waals surface area contributed by atoms with Crippen LogP contribution in [0.25, 0.3) is 0 Å². The van der Waals surface area contributed by atoms with Gasteiger partial charge in [0.25, 0.3) is 0 Å². The quantitative estimate of drug-likeness (QED) is 0.152. The fourth-order valence-electron chi connectivity index (χ4n) is 16.0. The molecule has 0 amide bonds. The molecular weight excluding hydrogens is 853 g/mol. The Labute approximate surface area is 446 Å². The molecule has 0 aromatic carbocycles. The highest BCUT2D eigenvalue weighted by Gasteiger charge is 2.32. The molecule has 0 bridgehead atoms. The van der Waals surface area contributed by atoms with Crippen LogP contribution in [-0.2, 0) is 0 Å². The molecule has 0 aromatic rings. The molecule has 8 aliphatic carbocycles. The van der Waals surface area contributed by atoms with Crippen LogP contribution in [0.15, 0.2) is 60.8 Å². The fraction of sp³-hybridized carbons (Fsp3) is 0.859. The van der Waals surface area contributed by atoms with Gasteiger partial charge in [-0.25, -0.2) is 0 Å². The van der Waals surface area contributed by atoms with Crippen LogP contribution in [-0.4, -0.2) is 0 Å². The van der Waals surface area contributed by atoms with E-state index in [9.17, 15) is 0 Å². The third-order valence-corrected chi connectivity index (χ3v) is 21.7. The SMILES string of the molecule is CC1CCC(C2CCC(C)CC2)CC1.CC=CCC1CCC(C2CCC(C)CC2)CC1.CC=CCC1CCC(C2CCC(CC=CC)CC2)CC1.CC=CCC1CCC(C=CC2CCC(CC)CC2)CC1. The molecule has 0 N–H and O–H groups in total. The van der Waals surface area contributed by atoms with Gasteiger partial charge in [0.05, 0.1) is 0 Å². The van der Waals surface area contributed by atoms with Crippen molar-refractivity contribution in [2.24, 2.45) is 94.7 Å². The van der Waals surface area contributed by atoms with Gasteiger partial charge >= 0.3 is 0 Å². The van der Waals surface area contributed by atoms with Crippen LogP contribution < -0.4 is 0 Å². The maximum atomic E-state index is 2.59. The van der Waals surface area contributed by atoms with Gasteiger partial charge in [0.15, 0.2) is 0 Å². The predicted molar refractivity (Wildman–Crippen MR) is 318 cm³/mol. The third-order valence-electron chi connectivity index (χ3n) is 21.7. The van der Waals surface area contributed by atoms with Crippen molar-refractivity contribution in [1.82, 2.24) is 0 Å². The van der Waals surface area contributed by atoms with E-state index >= 15 is 0 Å². The lowest BCUT2D eigenvalue weighted by Crippen LogP contribution is -2.25. The van der Waals surface area contributed by atoms with Crippen LogP contribution in [0.4, 0.5) is 0 Å². The maximum absolute atomic E-state index is 2.59. The molecule has 0 atom stereocenters. The molecule has 0 heterocycles. The second-order valence-corrected chi connectivity index (χ2v) is 27.0. The number of rotatable bonds is 14. The van der Waals surface area contributed by atoms with Crippen LogP contribution in [0.5, 0.6) is 0 Å². The van der Waals surface area contributed by atoms with Crippen molar-refractivity contribution in [3.05, 3.63) is 60.8 Å². The minimum absolute atomic E-state index is 0.890. The summed E-state index contributed by atoms with van der Waals surface area (Å²) in [6, 6.07) is 0. The van der Waals surface area contributed by atoms with Gasteiger partial charge in [0, 0.05) is 0 Å². The molecule has 8 fully saturated rings. The van der Waals surface area contributed by atoms with E-state index in [0.717, 1.165) is 94.7 Å². The first kappa shape index (κ1) is 60.6. The molecule has 0 spiro atoms. The van der Waals surface area contributed by atoms with Crippen molar-refractivity contribution in [1.29, 1.82) is 0 Å². The lowest BCUT2D eigenvalue weighted by Gasteiger charge is -2.37. The minimum Gasteiger partial charge on any atom is -0.0917 e. The summed E-state index contributed by atoms with van der Waals surface area (Å²) in [6.45, 7) is 18.2. The highest BCUT2D eigenvalue weighted by molar-refractivity contribution is 4.97. The second-order valence-electron chi connectivity index (χ2n) is 27.0. The van der Waals surface area contributed by atoms with Crippen molar-refractivity contribution in [3.63, 3.8) is 0 Å². The molecule has 71 heavy (non-hydrogen) atoms. The van der Waals surface area contributed by atoms with Crippen LogP contribution in [0, 0.1) is 94.7 Å². The van der Waals surface area contributed by atoms with E-state index in [1.807, 2.05) is 0 Å². The van der Waals surface area contributed by atoms with Gasteiger partial charge in [0.2, 0.25) is 0 Å². The zero-order chi connectivity index (χ0) is 50.5. The smallest absolute Gasteiger partial charge is 0.0233 e. The van der Waals surface area contributed by atoms with Gasteiger partial charge in [0.1, 0.15) is 0 Å². The van der Waals surface area contributed by atoms with Crippen LogP contribution in [0.3, 0.4) is 0 Å². The predicted octanol–water partition coefficient (Wildman–Crippen LogP) is 23.3. The van der Waals surface area contributed by atoms with E-state index in [0.29, 0.717) is 0 Å². The van der Waals surface area contributed by atoms with E-state index in [1.165, 1.54) is 212 Å². The summed E-state index contributed by atoms with van der Waals surface area (Å²) in [7, 11) is 0. The molecule has 0 aliphatic heterocycles. The van der Waals surface area contributed by atoms with E-state index in [4.69, 9.17) is 0 Å². The van der Waals surface area contributed by atoms with Crippen molar-refractivity contribution in [3.8, 4) is 0 Å². The van der Waals surface area contributed by atoms with Crippen molar-refractivity contribution in [2.75, 3.05) is 0 Å². The van der Waals surface area contributed by atoms with Crippen LogP contribution >= 0.6 is 0 Å². The monoisotopic (exact) mass is 977 g/mol. The van der Waals surface area contributed by atoms with Gasteiger partial charge in [-0.05, 0) is 315 Å². The molecule has 0 nitrogen and oxygen atoms in total. The molecule has 0 saturated heterocycles. The van der Waals surface area contributed by atoms with Gasteiger partial charge < -0.3 is 0 Å². The first-order chi connectivity index (χ1) is 34.7. The Morgan fingerprint density at radius 2 is 0.451 bits per heavy atom. The molecule has 8 aliphatic rings. The number of hydrogen-bond donors (Lipinski definition) is 0. The summed E-state index contributed by atoms with van der Waals surface area (Å²) in [5, 5.41) is 0. The van der Waals surface area contributed by atoms with E-state index in [-0.39, 0.29) is 0 Å². The summed E-state index contributed by atoms with van der Waals surface area (Å²) >= 11 is 0. The summed E-state index contributed by atoms with van der Waals surface area (Å²) in [5.41, 5.74) is 0. The van der Waals surface area contributed by atoms with E-state index < -0.39 is 0 Å². The van der Waals surface area contributed by atoms with E-state index in [1.54, 1.807) is 25.7 Å². The summed E-state index contributed by atoms with van der Waals surface area (Å²) in [5.74, 6) is 16.4. The zero-order valence-corrected chi connectivity index (χ0v) is 49.2. The third kappa shape index (κ3) is 23.6. The minimum atomic E-state index is 0.890. The Morgan fingerprint density at radius 1 is 0.254 bits per heavy atom. The van der Waals surface area contributed by atoms with Gasteiger partial charge in [-0.1, -0.05) is 133 Å². The second kappa shape index (κ2) is 35.9. The molecule has 0 unspecified atom stereocenters. The standard InChI is InChI=1S/2C20H34.C17H30.C14H26/c1-3-5-6-18-11-13-20(14-12-18)16-15-19-9-7-17(4-2)8-10-19;1-3-5-7-17-9-13-19(14-10-17)20-15-11-18(12-16-20)8-6-4-2;1-3-4-5-15-8-12-17(13-9-15)16-10-6-14(2)7-11-16;1-11-3-7-13(8-4-11)14-9-5-12(2)6-10-14/h3,5,15-20H,4,6-14H2,1-2H3;3-6,17-20H,7-16H2,1-2H3;3-4,14-17H,5-13H2,1-2H3;11-14H,3-10H2,1-2H3. The Balaban J connectivity index is 0.000000178. The Hall–Kier alpha value is -1.30. The Kier molecular flexibility index (Phi) is 30.6. The average Bonchev–Trinajstić information content (AvgIpc) is 3.42. The molecule has 8 saturated carbocycles. The normalized spacial score (nSPS) is 38.6. The lowest BCUT2D eigenvalue weighted by molar-refractivity contribution is 0.147. The highest BCUT2D eigenvalue weighted by atomic mass is 14.4. The first-order valence-corrected chi connectivity index (χ1v) is 32.8. The van der Waals surface area contributed by atoms with Gasteiger partial charge in [-0.2, -0.15) is 0 Å².